The maximum absolute atomic E-state index is 12.7. The third-order valence-corrected chi connectivity index (χ3v) is 4.15. The summed E-state index contributed by atoms with van der Waals surface area (Å²) in [5.74, 6) is -0.227. The maximum atomic E-state index is 12.7. The number of ether oxygens (including phenoxy) is 5. The average Bonchev–Trinajstić information content (AvgIpc) is 2.77. The monoisotopic (exact) mass is 417 g/mol. The lowest BCUT2D eigenvalue weighted by Crippen LogP contribution is -2.27. The number of amides is 1. The van der Waals surface area contributed by atoms with Crippen molar-refractivity contribution in [3.63, 3.8) is 0 Å². The second-order valence-corrected chi connectivity index (χ2v) is 5.84. The van der Waals surface area contributed by atoms with Gasteiger partial charge in [0.25, 0.3) is 5.91 Å². The van der Waals surface area contributed by atoms with E-state index >= 15 is 0 Å². The number of carbonyl (C=O) groups is 2. The van der Waals surface area contributed by atoms with E-state index in [1.165, 1.54) is 53.8 Å². The molecule has 0 saturated carbocycles. The molecule has 0 saturated heterocycles. The molecule has 9 nitrogen and oxygen atoms in total. The van der Waals surface area contributed by atoms with Crippen LogP contribution in [0.5, 0.6) is 28.7 Å². The van der Waals surface area contributed by atoms with Gasteiger partial charge in [0.1, 0.15) is 17.2 Å². The summed E-state index contributed by atoms with van der Waals surface area (Å²) >= 11 is 0. The van der Waals surface area contributed by atoms with E-state index < -0.39 is 11.9 Å². The van der Waals surface area contributed by atoms with Crippen LogP contribution in [0.25, 0.3) is 6.08 Å². The summed E-state index contributed by atoms with van der Waals surface area (Å²) in [6.45, 7) is 0. The molecule has 0 spiro atoms. The highest BCUT2D eigenvalue weighted by Gasteiger charge is 2.20. The number of aliphatic carboxylic acids is 1. The standard InChI is InChI=1S/C21H23NO8/c1-26-14-7-6-12(16(11-14)27-2)8-15(21(24)25)22-20(23)13-9-17(28-3)19(30-5)18(10-13)29-4/h6-11H,1-5H3,(H,22,23)(H,24,25)/b15-8-. The Morgan fingerprint density at radius 2 is 1.43 bits per heavy atom. The fraction of sp³-hybridized carbons (Fsp3) is 0.238. The number of benzene rings is 2. The minimum atomic E-state index is -1.33. The van der Waals surface area contributed by atoms with Crippen LogP contribution in [0.4, 0.5) is 0 Å². The topological polar surface area (TPSA) is 113 Å². The molecule has 0 radical (unpaired) electrons. The van der Waals surface area contributed by atoms with Crippen LogP contribution in [0, 0.1) is 0 Å². The second-order valence-electron chi connectivity index (χ2n) is 5.84. The lowest BCUT2D eigenvalue weighted by atomic mass is 10.1. The Morgan fingerprint density at radius 3 is 1.90 bits per heavy atom. The summed E-state index contributed by atoms with van der Waals surface area (Å²) in [5, 5.41) is 11.9. The molecule has 0 atom stereocenters. The van der Waals surface area contributed by atoms with Gasteiger partial charge in [0.05, 0.1) is 35.5 Å². The van der Waals surface area contributed by atoms with Crippen LogP contribution in [0.15, 0.2) is 36.0 Å². The molecule has 2 rings (SSSR count). The maximum Gasteiger partial charge on any atom is 0.352 e. The van der Waals surface area contributed by atoms with Gasteiger partial charge in [0.2, 0.25) is 5.75 Å². The van der Waals surface area contributed by atoms with Crippen molar-refractivity contribution < 1.29 is 38.4 Å². The van der Waals surface area contributed by atoms with Gasteiger partial charge in [-0.3, -0.25) is 4.79 Å². The molecule has 2 N–H and O–H groups in total. The summed E-state index contributed by atoms with van der Waals surface area (Å²) < 4.78 is 26.1. The fourth-order valence-corrected chi connectivity index (χ4v) is 2.65. The Bertz CT molecular complexity index is 942. The minimum absolute atomic E-state index is 0.123. The van der Waals surface area contributed by atoms with Gasteiger partial charge < -0.3 is 34.1 Å². The summed E-state index contributed by atoms with van der Waals surface area (Å²) in [6, 6.07) is 7.71. The van der Waals surface area contributed by atoms with E-state index in [1.54, 1.807) is 18.2 Å². The molecule has 0 aliphatic carbocycles. The molecule has 9 heteroatoms. The first-order valence-electron chi connectivity index (χ1n) is 8.66. The summed E-state index contributed by atoms with van der Waals surface area (Å²) in [5.41, 5.74) is 0.219. The van der Waals surface area contributed by atoms with Crippen molar-refractivity contribution in [2.75, 3.05) is 35.5 Å². The Kier molecular flexibility index (Phi) is 7.51. The van der Waals surface area contributed by atoms with Crippen molar-refractivity contribution in [2.45, 2.75) is 0 Å². The van der Waals surface area contributed by atoms with E-state index in [1.807, 2.05) is 0 Å². The zero-order valence-electron chi connectivity index (χ0n) is 17.3. The molecule has 0 unspecified atom stereocenters. The second kappa shape index (κ2) is 10.1. The summed E-state index contributed by atoms with van der Waals surface area (Å²) in [6.07, 6.45) is 1.29. The Hall–Kier alpha value is -3.88. The average molecular weight is 417 g/mol. The smallest absolute Gasteiger partial charge is 0.352 e. The van der Waals surface area contributed by atoms with Gasteiger partial charge in [-0.05, 0) is 30.3 Å². The number of hydrogen-bond donors (Lipinski definition) is 2. The normalized spacial score (nSPS) is 10.8. The molecule has 2 aromatic rings. The SMILES string of the molecule is COc1ccc(/C=C(\NC(=O)c2cc(OC)c(OC)c(OC)c2)C(=O)O)c(OC)c1. The molecule has 1 amide bonds. The van der Waals surface area contributed by atoms with Crippen molar-refractivity contribution in [3.05, 3.63) is 47.2 Å². The van der Waals surface area contributed by atoms with Gasteiger partial charge >= 0.3 is 5.97 Å². The van der Waals surface area contributed by atoms with Crippen LogP contribution in [-0.2, 0) is 4.79 Å². The van der Waals surface area contributed by atoms with Gasteiger partial charge in [-0.1, -0.05) is 0 Å². The van der Waals surface area contributed by atoms with Gasteiger partial charge in [-0.15, -0.1) is 0 Å². The van der Waals surface area contributed by atoms with Crippen molar-refractivity contribution in [1.29, 1.82) is 0 Å². The molecule has 30 heavy (non-hydrogen) atoms. The third kappa shape index (κ3) is 4.93. The van der Waals surface area contributed by atoms with E-state index in [2.05, 4.69) is 5.32 Å². The number of rotatable bonds is 9. The van der Waals surface area contributed by atoms with Crippen molar-refractivity contribution in [3.8, 4) is 28.7 Å². The van der Waals surface area contributed by atoms with Gasteiger partial charge in [0, 0.05) is 17.2 Å². The molecule has 2 aromatic carbocycles. The van der Waals surface area contributed by atoms with Gasteiger partial charge in [-0.2, -0.15) is 0 Å². The molecule has 0 fully saturated rings. The first-order valence-corrected chi connectivity index (χ1v) is 8.66. The number of hydrogen-bond acceptors (Lipinski definition) is 7. The molecule has 0 aliphatic rings. The van der Waals surface area contributed by atoms with Crippen LogP contribution < -0.4 is 29.0 Å². The van der Waals surface area contributed by atoms with E-state index in [0.717, 1.165) is 0 Å². The highest BCUT2D eigenvalue weighted by Crippen LogP contribution is 2.38. The fourth-order valence-electron chi connectivity index (χ4n) is 2.65. The van der Waals surface area contributed by atoms with E-state index in [-0.39, 0.29) is 22.8 Å². The molecule has 0 aliphatic heterocycles. The Labute approximate surface area is 173 Å². The molecular formula is C21H23NO8. The van der Waals surface area contributed by atoms with Crippen LogP contribution in [-0.4, -0.2) is 52.5 Å². The number of carboxylic acids is 1. The quantitative estimate of drug-likeness (QED) is 0.599. The predicted octanol–water partition coefficient (Wildman–Crippen LogP) is 2.59. The first-order chi connectivity index (χ1) is 14.4. The first kappa shape index (κ1) is 22.4. The van der Waals surface area contributed by atoms with Crippen molar-refractivity contribution in [2.24, 2.45) is 0 Å². The Morgan fingerprint density at radius 1 is 0.833 bits per heavy atom. The molecule has 0 bridgehead atoms. The number of nitrogens with one attached hydrogen (secondary N) is 1. The largest absolute Gasteiger partial charge is 0.497 e. The highest BCUT2D eigenvalue weighted by atomic mass is 16.5. The predicted molar refractivity (Wildman–Crippen MR) is 109 cm³/mol. The van der Waals surface area contributed by atoms with Crippen LogP contribution in [0.1, 0.15) is 15.9 Å². The molecule has 160 valence electrons. The van der Waals surface area contributed by atoms with E-state index in [4.69, 9.17) is 23.7 Å². The lowest BCUT2D eigenvalue weighted by Gasteiger charge is -2.14. The third-order valence-electron chi connectivity index (χ3n) is 4.15. The zero-order valence-corrected chi connectivity index (χ0v) is 17.3. The van der Waals surface area contributed by atoms with Crippen molar-refractivity contribution >= 4 is 18.0 Å². The van der Waals surface area contributed by atoms with Crippen LogP contribution in [0.2, 0.25) is 0 Å². The van der Waals surface area contributed by atoms with Gasteiger partial charge in [0.15, 0.2) is 11.5 Å². The van der Waals surface area contributed by atoms with Gasteiger partial charge in [-0.25, -0.2) is 4.79 Å². The van der Waals surface area contributed by atoms with E-state index in [9.17, 15) is 14.7 Å². The molecular weight excluding hydrogens is 394 g/mol. The zero-order chi connectivity index (χ0) is 22.3. The van der Waals surface area contributed by atoms with E-state index in [0.29, 0.717) is 22.8 Å². The number of carboxylic acid groups (broad SMARTS) is 1. The number of methoxy groups -OCH3 is 5. The number of carbonyl (C=O) groups excluding carboxylic acids is 1. The highest BCUT2D eigenvalue weighted by molar-refractivity contribution is 6.03. The Balaban J connectivity index is 2.42. The lowest BCUT2D eigenvalue weighted by molar-refractivity contribution is -0.132. The van der Waals surface area contributed by atoms with Crippen LogP contribution >= 0.6 is 0 Å². The van der Waals surface area contributed by atoms with Crippen molar-refractivity contribution in [1.82, 2.24) is 5.32 Å². The minimum Gasteiger partial charge on any atom is -0.497 e. The van der Waals surface area contributed by atoms with Crippen LogP contribution in [0.3, 0.4) is 0 Å². The summed E-state index contributed by atoms with van der Waals surface area (Å²) in [7, 11) is 7.22. The molecule has 0 aromatic heterocycles. The summed E-state index contributed by atoms with van der Waals surface area (Å²) in [4.78, 5) is 24.4. The molecule has 0 heterocycles.